The lowest BCUT2D eigenvalue weighted by atomic mass is 9.93. The molecule has 2 heterocycles. The van der Waals surface area contributed by atoms with Crippen LogP contribution in [0.15, 0.2) is 61.3 Å². The molecule has 0 fully saturated rings. The van der Waals surface area contributed by atoms with Gasteiger partial charge in [-0.3, -0.25) is 0 Å². The number of hydrogen-bond acceptors (Lipinski definition) is 0. The number of benzene rings is 1. The van der Waals surface area contributed by atoms with Crippen LogP contribution < -0.4 is 4.57 Å². The van der Waals surface area contributed by atoms with Crippen molar-refractivity contribution in [2.24, 2.45) is 0 Å². The molecule has 1 atom stereocenters. The van der Waals surface area contributed by atoms with E-state index in [1.165, 1.54) is 16.8 Å². The van der Waals surface area contributed by atoms with Crippen molar-refractivity contribution in [1.29, 1.82) is 0 Å². The highest BCUT2D eigenvalue weighted by molar-refractivity contribution is 5.62. The fourth-order valence-corrected chi connectivity index (χ4v) is 2.44. The second kappa shape index (κ2) is 3.60. The second-order valence-electron chi connectivity index (χ2n) is 4.16. The third-order valence-electron chi connectivity index (χ3n) is 3.24. The van der Waals surface area contributed by atoms with Crippen LogP contribution in [0.4, 0.5) is 0 Å². The van der Waals surface area contributed by atoms with Gasteiger partial charge in [-0.15, -0.1) is 0 Å². The van der Waals surface area contributed by atoms with E-state index in [9.17, 15) is 0 Å². The maximum Gasteiger partial charge on any atom is 0.213 e. The predicted molar refractivity (Wildman–Crippen MR) is 65.0 cm³/mol. The quantitative estimate of drug-likeness (QED) is 0.501. The average Bonchev–Trinajstić information content (AvgIpc) is 2.38. The SMILES string of the molecule is C=CC1Cc2ccccc2-c2cccc[n+]21. The lowest BCUT2D eigenvalue weighted by molar-refractivity contribution is -0.703. The zero-order valence-corrected chi connectivity index (χ0v) is 9.13. The standard InChI is InChI=1S/C15H14N/c1-2-13-11-12-7-3-4-8-14(12)15-9-5-6-10-16(13)15/h2-10,13H,1,11H2/q+1. The monoisotopic (exact) mass is 208 g/mol. The average molecular weight is 208 g/mol. The summed E-state index contributed by atoms with van der Waals surface area (Å²) in [7, 11) is 0. The van der Waals surface area contributed by atoms with Crippen LogP contribution in [0.25, 0.3) is 11.3 Å². The van der Waals surface area contributed by atoms with Crippen molar-refractivity contribution < 1.29 is 4.57 Å². The third-order valence-corrected chi connectivity index (χ3v) is 3.24. The van der Waals surface area contributed by atoms with E-state index in [4.69, 9.17) is 0 Å². The van der Waals surface area contributed by atoms with Crippen LogP contribution in [0.5, 0.6) is 0 Å². The number of pyridine rings is 1. The Hall–Kier alpha value is -1.89. The van der Waals surface area contributed by atoms with Gasteiger partial charge >= 0.3 is 0 Å². The first-order chi connectivity index (χ1) is 7.90. The maximum absolute atomic E-state index is 3.94. The molecule has 1 aliphatic rings. The van der Waals surface area contributed by atoms with E-state index in [1.54, 1.807) is 0 Å². The van der Waals surface area contributed by atoms with Gasteiger partial charge in [0, 0.05) is 24.1 Å². The van der Waals surface area contributed by atoms with Crippen molar-refractivity contribution in [2.75, 3.05) is 0 Å². The highest BCUT2D eigenvalue weighted by atomic mass is 15.0. The zero-order valence-electron chi connectivity index (χ0n) is 9.13. The Balaban J connectivity index is 2.28. The molecule has 0 saturated carbocycles. The lowest BCUT2D eigenvalue weighted by Crippen LogP contribution is -2.43. The molecule has 16 heavy (non-hydrogen) atoms. The first-order valence-corrected chi connectivity index (χ1v) is 5.61. The van der Waals surface area contributed by atoms with Gasteiger partial charge in [-0.25, -0.2) is 0 Å². The van der Waals surface area contributed by atoms with Crippen LogP contribution >= 0.6 is 0 Å². The topological polar surface area (TPSA) is 3.88 Å². The van der Waals surface area contributed by atoms with E-state index >= 15 is 0 Å². The second-order valence-corrected chi connectivity index (χ2v) is 4.16. The molecular weight excluding hydrogens is 194 g/mol. The summed E-state index contributed by atoms with van der Waals surface area (Å²) in [4.78, 5) is 0. The highest BCUT2D eigenvalue weighted by Crippen LogP contribution is 2.28. The van der Waals surface area contributed by atoms with Crippen molar-refractivity contribution >= 4 is 0 Å². The summed E-state index contributed by atoms with van der Waals surface area (Å²) in [6.07, 6.45) is 5.21. The first kappa shape index (κ1) is 9.34. The Morgan fingerprint density at radius 3 is 2.81 bits per heavy atom. The summed E-state index contributed by atoms with van der Waals surface area (Å²) in [5.74, 6) is 0. The molecule has 1 nitrogen and oxygen atoms in total. The van der Waals surface area contributed by atoms with E-state index in [-0.39, 0.29) is 0 Å². The molecule has 0 saturated heterocycles. The Kier molecular flexibility index (Phi) is 2.10. The van der Waals surface area contributed by atoms with Gasteiger partial charge in [-0.1, -0.05) is 24.8 Å². The molecule has 0 amide bonds. The van der Waals surface area contributed by atoms with Crippen LogP contribution in [0.3, 0.4) is 0 Å². The minimum absolute atomic E-state index is 0.381. The molecule has 0 N–H and O–H groups in total. The predicted octanol–water partition coefficient (Wildman–Crippen LogP) is 2.92. The Bertz CT molecular complexity index is 543. The van der Waals surface area contributed by atoms with Crippen LogP contribution in [0.1, 0.15) is 11.6 Å². The van der Waals surface area contributed by atoms with E-state index in [2.05, 4.69) is 59.8 Å². The zero-order chi connectivity index (χ0) is 11.0. The molecule has 1 aromatic heterocycles. The highest BCUT2D eigenvalue weighted by Gasteiger charge is 2.28. The summed E-state index contributed by atoms with van der Waals surface area (Å²) in [6.45, 7) is 3.94. The van der Waals surface area contributed by atoms with Crippen LogP contribution in [-0.4, -0.2) is 0 Å². The summed E-state index contributed by atoms with van der Waals surface area (Å²) < 4.78 is 2.30. The number of nitrogens with zero attached hydrogens (tertiary/aromatic N) is 1. The van der Waals surface area contributed by atoms with Crippen molar-refractivity contribution in [3.05, 3.63) is 66.9 Å². The van der Waals surface area contributed by atoms with E-state index < -0.39 is 0 Å². The van der Waals surface area contributed by atoms with Crippen LogP contribution in [0, 0.1) is 0 Å². The van der Waals surface area contributed by atoms with Gasteiger partial charge in [-0.05, 0) is 23.8 Å². The molecule has 0 bridgehead atoms. The van der Waals surface area contributed by atoms with E-state index in [0.717, 1.165) is 6.42 Å². The van der Waals surface area contributed by atoms with Gasteiger partial charge in [0.1, 0.15) is 0 Å². The Morgan fingerprint density at radius 2 is 1.94 bits per heavy atom. The van der Waals surface area contributed by atoms with Crippen molar-refractivity contribution in [2.45, 2.75) is 12.5 Å². The fourth-order valence-electron chi connectivity index (χ4n) is 2.44. The minimum Gasteiger partial charge on any atom is -0.192 e. The van der Waals surface area contributed by atoms with Gasteiger partial charge in [0.15, 0.2) is 12.2 Å². The Morgan fingerprint density at radius 1 is 1.12 bits per heavy atom. The molecule has 78 valence electrons. The lowest BCUT2D eigenvalue weighted by Gasteiger charge is -2.19. The smallest absolute Gasteiger partial charge is 0.192 e. The number of fused-ring (bicyclic) bond motifs is 3. The number of allylic oxidation sites excluding steroid dienone is 1. The molecule has 0 spiro atoms. The number of rotatable bonds is 1. The van der Waals surface area contributed by atoms with Crippen molar-refractivity contribution in [3.8, 4) is 11.3 Å². The largest absolute Gasteiger partial charge is 0.213 e. The fraction of sp³-hybridized carbons (Fsp3) is 0.133. The van der Waals surface area contributed by atoms with Crippen molar-refractivity contribution in [3.63, 3.8) is 0 Å². The molecule has 2 aromatic rings. The van der Waals surface area contributed by atoms with Crippen LogP contribution in [-0.2, 0) is 6.42 Å². The first-order valence-electron chi connectivity index (χ1n) is 5.61. The summed E-state index contributed by atoms with van der Waals surface area (Å²) in [6, 6.07) is 15.3. The molecule has 0 radical (unpaired) electrons. The van der Waals surface area contributed by atoms with Gasteiger partial charge in [0.25, 0.3) is 0 Å². The molecular formula is C15H14N+. The molecule has 0 aliphatic carbocycles. The maximum atomic E-state index is 3.94. The van der Waals surface area contributed by atoms with E-state index in [1.807, 2.05) is 6.08 Å². The summed E-state index contributed by atoms with van der Waals surface area (Å²) in [5.41, 5.74) is 4.05. The van der Waals surface area contributed by atoms with Gasteiger partial charge in [0.2, 0.25) is 5.69 Å². The molecule has 3 rings (SSSR count). The van der Waals surface area contributed by atoms with E-state index in [0.29, 0.717) is 6.04 Å². The van der Waals surface area contributed by atoms with Gasteiger partial charge in [0.05, 0.1) is 0 Å². The number of aromatic nitrogens is 1. The minimum atomic E-state index is 0.381. The summed E-state index contributed by atoms with van der Waals surface area (Å²) >= 11 is 0. The molecule has 1 heteroatoms. The Labute approximate surface area is 95.7 Å². The molecule has 1 aromatic carbocycles. The normalized spacial score (nSPS) is 17.4. The molecule has 1 unspecified atom stereocenters. The van der Waals surface area contributed by atoms with Crippen LogP contribution in [0.2, 0.25) is 0 Å². The third kappa shape index (κ3) is 1.28. The van der Waals surface area contributed by atoms with Gasteiger partial charge < -0.3 is 0 Å². The molecule has 1 aliphatic heterocycles. The number of hydrogen-bond donors (Lipinski definition) is 0. The van der Waals surface area contributed by atoms with Gasteiger partial charge in [-0.2, -0.15) is 4.57 Å². The van der Waals surface area contributed by atoms with Crippen molar-refractivity contribution in [1.82, 2.24) is 0 Å². The summed E-state index contributed by atoms with van der Waals surface area (Å²) in [5, 5.41) is 0.